The Morgan fingerprint density at radius 1 is 1.00 bits per heavy atom. The molecule has 1 N–H and O–H groups in total. The molecular weight excluding hydrogens is 170 g/mol. The van der Waals surface area contributed by atoms with E-state index in [1.807, 2.05) is 0 Å². The normalized spacial score (nSPS) is 43.3. The maximum atomic E-state index is 3.34. The Balaban J connectivity index is 1.86. The summed E-state index contributed by atoms with van der Waals surface area (Å²) in [6.45, 7) is 3.69. The Morgan fingerprint density at radius 3 is 2.57 bits per heavy atom. The zero-order valence-electron chi connectivity index (χ0n) is 9.76. The first-order valence-corrected chi connectivity index (χ1v) is 6.44. The fourth-order valence-electron chi connectivity index (χ4n) is 3.70. The lowest BCUT2D eigenvalue weighted by Gasteiger charge is -2.41. The second-order valence-corrected chi connectivity index (χ2v) is 5.68. The van der Waals surface area contributed by atoms with Gasteiger partial charge in [0.05, 0.1) is 0 Å². The summed E-state index contributed by atoms with van der Waals surface area (Å²) in [4.78, 5) is 0. The van der Waals surface area contributed by atoms with Crippen LogP contribution in [0, 0.1) is 23.7 Å². The first kappa shape index (κ1) is 10.5. The minimum Gasteiger partial charge on any atom is -0.319 e. The highest BCUT2D eigenvalue weighted by Gasteiger charge is 2.33. The van der Waals surface area contributed by atoms with E-state index in [0.29, 0.717) is 0 Å². The minimum absolute atomic E-state index is 0.978. The Labute approximate surface area is 88.7 Å². The molecule has 0 radical (unpaired) electrons. The maximum absolute atomic E-state index is 3.34. The summed E-state index contributed by atoms with van der Waals surface area (Å²) in [6.07, 6.45) is 9.05. The highest BCUT2D eigenvalue weighted by molar-refractivity contribution is 4.85. The first-order valence-electron chi connectivity index (χ1n) is 6.44. The van der Waals surface area contributed by atoms with Gasteiger partial charge in [-0.3, -0.25) is 0 Å². The summed E-state index contributed by atoms with van der Waals surface area (Å²) in [5.41, 5.74) is 0. The SMILES string of the molecule is CNCC1CCC2CCC(C)CC2C1. The van der Waals surface area contributed by atoms with Gasteiger partial charge in [0.1, 0.15) is 0 Å². The van der Waals surface area contributed by atoms with Gasteiger partial charge in [-0.25, -0.2) is 0 Å². The first-order chi connectivity index (χ1) is 6.79. The molecule has 1 heteroatoms. The van der Waals surface area contributed by atoms with Gasteiger partial charge in [-0.15, -0.1) is 0 Å². The van der Waals surface area contributed by atoms with Crippen LogP contribution in [0.5, 0.6) is 0 Å². The molecular formula is C13H25N. The zero-order valence-corrected chi connectivity index (χ0v) is 9.76. The fraction of sp³-hybridized carbons (Fsp3) is 1.00. The van der Waals surface area contributed by atoms with Crippen molar-refractivity contribution in [2.45, 2.75) is 45.4 Å². The van der Waals surface area contributed by atoms with Crippen LogP contribution in [-0.2, 0) is 0 Å². The van der Waals surface area contributed by atoms with Gasteiger partial charge in [-0.05, 0) is 69.4 Å². The van der Waals surface area contributed by atoms with Gasteiger partial charge >= 0.3 is 0 Å². The molecule has 14 heavy (non-hydrogen) atoms. The number of nitrogens with one attached hydrogen (secondary N) is 1. The van der Waals surface area contributed by atoms with Crippen LogP contribution >= 0.6 is 0 Å². The third-order valence-corrected chi connectivity index (χ3v) is 4.48. The van der Waals surface area contributed by atoms with E-state index in [4.69, 9.17) is 0 Å². The van der Waals surface area contributed by atoms with Gasteiger partial charge in [-0.2, -0.15) is 0 Å². The number of hydrogen-bond acceptors (Lipinski definition) is 1. The van der Waals surface area contributed by atoms with Crippen molar-refractivity contribution in [3.05, 3.63) is 0 Å². The van der Waals surface area contributed by atoms with Crippen LogP contribution in [0.2, 0.25) is 0 Å². The summed E-state index contributed by atoms with van der Waals surface area (Å²) in [5, 5.41) is 3.34. The van der Waals surface area contributed by atoms with Crippen LogP contribution in [0.3, 0.4) is 0 Å². The molecule has 0 aliphatic heterocycles. The van der Waals surface area contributed by atoms with Gasteiger partial charge in [0, 0.05) is 0 Å². The third kappa shape index (κ3) is 2.31. The van der Waals surface area contributed by atoms with Gasteiger partial charge in [-0.1, -0.05) is 13.3 Å². The Kier molecular flexibility index (Phi) is 3.48. The molecule has 2 saturated carbocycles. The third-order valence-electron chi connectivity index (χ3n) is 4.48. The van der Waals surface area contributed by atoms with Crippen LogP contribution in [0.15, 0.2) is 0 Å². The Morgan fingerprint density at radius 2 is 1.79 bits per heavy atom. The van der Waals surface area contributed by atoms with Crippen molar-refractivity contribution < 1.29 is 0 Å². The molecule has 0 saturated heterocycles. The lowest BCUT2D eigenvalue weighted by molar-refractivity contribution is 0.104. The summed E-state index contributed by atoms with van der Waals surface area (Å²) in [7, 11) is 2.09. The van der Waals surface area contributed by atoms with Crippen molar-refractivity contribution in [3.8, 4) is 0 Å². The molecule has 0 bridgehead atoms. The molecule has 82 valence electrons. The van der Waals surface area contributed by atoms with E-state index in [-0.39, 0.29) is 0 Å². The van der Waals surface area contributed by atoms with E-state index >= 15 is 0 Å². The van der Waals surface area contributed by atoms with E-state index in [1.54, 1.807) is 0 Å². The molecule has 4 unspecified atom stereocenters. The van der Waals surface area contributed by atoms with Gasteiger partial charge < -0.3 is 5.32 Å². The van der Waals surface area contributed by atoms with Crippen molar-refractivity contribution in [1.82, 2.24) is 5.32 Å². The lowest BCUT2D eigenvalue weighted by atomic mass is 9.65. The molecule has 2 aliphatic carbocycles. The van der Waals surface area contributed by atoms with Crippen molar-refractivity contribution in [2.75, 3.05) is 13.6 Å². The molecule has 0 amide bonds. The van der Waals surface area contributed by atoms with Gasteiger partial charge in [0.25, 0.3) is 0 Å². The van der Waals surface area contributed by atoms with E-state index in [0.717, 1.165) is 23.7 Å². The Bertz CT molecular complexity index is 178. The summed E-state index contributed by atoms with van der Waals surface area (Å²) in [6, 6.07) is 0. The second kappa shape index (κ2) is 4.65. The average Bonchev–Trinajstić information content (AvgIpc) is 2.17. The van der Waals surface area contributed by atoms with Crippen LogP contribution in [0.1, 0.15) is 45.4 Å². The predicted molar refractivity (Wildman–Crippen MR) is 61.3 cm³/mol. The van der Waals surface area contributed by atoms with Crippen molar-refractivity contribution >= 4 is 0 Å². The van der Waals surface area contributed by atoms with E-state index in [1.165, 1.54) is 45.1 Å². The molecule has 2 rings (SSSR count). The molecule has 0 spiro atoms. The number of rotatable bonds is 2. The molecule has 4 atom stereocenters. The van der Waals surface area contributed by atoms with Crippen LogP contribution in [0.4, 0.5) is 0 Å². The smallest absolute Gasteiger partial charge is 0.00234 e. The van der Waals surface area contributed by atoms with E-state index in [9.17, 15) is 0 Å². The fourth-order valence-corrected chi connectivity index (χ4v) is 3.70. The average molecular weight is 195 g/mol. The summed E-state index contributed by atoms with van der Waals surface area (Å²) < 4.78 is 0. The van der Waals surface area contributed by atoms with Gasteiger partial charge in [0.2, 0.25) is 0 Å². The molecule has 0 aromatic carbocycles. The summed E-state index contributed by atoms with van der Waals surface area (Å²) >= 11 is 0. The maximum Gasteiger partial charge on any atom is -0.00234 e. The molecule has 0 heterocycles. The molecule has 0 aromatic rings. The quantitative estimate of drug-likeness (QED) is 0.714. The monoisotopic (exact) mass is 195 g/mol. The second-order valence-electron chi connectivity index (χ2n) is 5.68. The number of hydrogen-bond donors (Lipinski definition) is 1. The topological polar surface area (TPSA) is 12.0 Å². The standard InChI is InChI=1S/C13H25N/c1-10-3-5-12-6-4-11(9-14-2)8-13(12)7-10/h10-14H,3-9H2,1-2H3. The predicted octanol–water partition coefficient (Wildman–Crippen LogP) is 3.06. The largest absolute Gasteiger partial charge is 0.319 e. The summed E-state index contributed by atoms with van der Waals surface area (Å²) in [5.74, 6) is 4.15. The Hall–Kier alpha value is -0.0400. The number of fused-ring (bicyclic) bond motifs is 1. The van der Waals surface area contributed by atoms with E-state index in [2.05, 4.69) is 19.3 Å². The van der Waals surface area contributed by atoms with Crippen molar-refractivity contribution in [1.29, 1.82) is 0 Å². The molecule has 1 nitrogen and oxygen atoms in total. The molecule has 0 aromatic heterocycles. The molecule has 2 aliphatic rings. The van der Waals surface area contributed by atoms with Crippen LogP contribution in [0.25, 0.3) is 0 Å². The van der Waals surface area contributed by atoms with Gasteiger partial charge in [0.15, 0.2) is 0 Å². The highest BCUT2D eigenvalue weighted by atomic mass is 14.8. The van der Waals surface area contributed by atoms with Crippen molar-refractivity contribution in [3.63, 3.8) is 0 Å². The zero-order chi connectivity index (χ0) is 9.97. The van der Waals surface area contributed by atoms with Crippen LogP contribution < -0.4 is 5.32 Å². The van der Waals surface area contributed by atoms with Crippen molar-refractivity contribution in [2.24, 2.45) is 23.7 Å². The van der Waals surface area contributed by atoms with E-state index < -0.39 is 0 Å². The lowest BCUT2D eigenvalue weighted by Crippen LogP contribution is -2.33. The molecule has 2 fully saturated rings. The minimum atomic E-state index is 0.978. The van der Waals surface area contributed by atoms with Crippen LogP contribution in [-0.4, -0.2) is 13.6 Å². The highest BCUT2D eigenvalue weighted by Crippen LogP contribution is 2.44.